The Morgan fingerprint density at radius 3 is 2.77 bits per heavy atom. The topological polar surface area (TPSA) is 93.0 Å². The van der Waals surface area contributed by atoms with Crippen molar-refractivity contribution in [2.75, 3.05) is 20.1 Å². The minimum Gasteiger partial charge on any atom is -0.352 e. The molecule has 0 saturated carbocycles. The molecular formula is C23H26N6O2. The molecule has 0 radical (unpaired) electrons. The number of likely N-dealkylation sites (N-methyl/N-ethyl adjacent to an activating group) is 1. The number of nitrogens with zero attached hydrogens (tertiary/aromatic N) is 5. The first-order chi connectivity index (χ1) is 15.1. The summed E-state index contributed by atoms with van der Waals surface area (Å²) in [4.78, 5) is 35.1. The van der Waals surface area contributed by atoms with Gasteiger partial charge < -0.3 is 10.2 Å². The molecule has 3 aromatic heterocycles. The van der Waals surface area contributed by atoms with Crippen molar-refractivity contribution in [1.29, 1.82) is 0 Å². The van der Waals surface area contributed by atoms with E-state index in [1.54, 1.807) is 48.0 Å². The summed E-state index contributed by atoms with van der Waals surface area (Å²) >= 11 is 0. The summed E-state index contributed by atoms with van der Waals surface area (Å²) in [6, 6.07) is 7.42. The first-order valence-corrected chi connectivity index (χ1v) is 10.5. The molecule has 0 aliphatic carbocycles. The fourth-order valence-corrected chi connectivity index (χ4v) is 3.84. The van der Waals surface area contributed by atoms with Crippen LogP contribution in [0.3, 0.4) is 0 Å². The maximum absolute atomic E-state index is 13.0. The molecule has 2 amide bonds. The average molecular weight is 419 g/mol. The molecule has 8 nitrogen and oxygen atoms in total. The zero-order valence-corrected chi connectivity index (χ0v) is 17.6. The van der Waals surface area contributed by atoms with Gasteiger partial charge in [-0.2, -0.15) is 5.10 Å². The SMILES string of the molecule is CN(CCc1ccncc1)C(=O)c1cnn2c1CC(CNC(=O)c1cccnc1)CC2. The van der Waals surface area contributed by atoms with Crippen LogP contribution in [-0.2, 0) is 19.4 Å². The second-order valence-corrected chi connectivity index (χ2v) is 7.87. The van der Waals surface area contributed by atoms with Crippen LogP contribution in [-0.4, -0.2) is 56.6 Å². The van der Waals surface area contributed by atoms with Gasteiger partial charge in [0.05, 0.1) is 23.0 Å². The maximum Gasteiger partial charge on any atom is 0.257 e. The number of aryl methyl sites for hydroxylation is 1. The molecule has 0 spiro atoms. The lowest BCUT2D eigenvalue weighted by Crippen LogP contribution is -2.34. The van der Waals surface area contributed by atoms with E-state index in [2.05, 4.69) is 20.4 Å². The van der Waals surface area contributed by atoms with Crippen molar-refractivity contribution in [2.24, 2.45) is 5.92 Å². The molecule has 0 saturated heterocycles. The molecular weight excluding hydrogens is 392 g/mol. The van der Waals surface area contributed by atoms with Gasteiger partial charge in [0.15, 0.2) is 0 Å². The van der Waals surface area contributed by atoms with E-state index in [9.17, 15) is 9.59 Å². The third kappa shape index (κ3) is 4.96. The summed E-state index contributed by atoms with van der Waals surface area (Å²) < 4.78 is 1.92. The first kappa shape index (κ1) is 20.7. The van der Waals surface area contributed by atoms with E-state index in [0.29, 0.717) is 30.6 Å². The van der Waals surface area contributed by atoms with Gasteiger partial charge in [0.2, 0.25) is 0 Å². The summed E-state index contributed by atoms with van der Waals surface area (Å²) in [7, 11) is 1.82. The molecule has 0 aromatic carbocycles. The minimum absolute atomic E-state index is 0.0182. The Hall–Kier alpha value is -3.55. The highest BCUT2D eigenvalue weighted by atomic mass is 16.2. The molecule has 0 fully saturated rings. The first-order valence-electron chi connectivity index (χ1n) is 10.5. The molecule has 31 heavy (non-hydrogen) atoms. The van der Waals surface area contributed by atoms with Crippen molar-refractivity contribution < 1.29 is 9.59 Å². The van der Waals surface area contributed by atoms with E-state index < -0.39 is 0 Å². The number of amides is 2. The Kier molecular flexibility index (Phi) is 6.35. The molecule has 1 aliphatic heterocycles. The quantitative estimate of drug-likeness (QED) is 0.633. The van der Waals surface area contributed by atoms with Gasteiger partial charge in [-0.3, -0.25) is 24.2 Å². The summed E-state index contributed by atoms with van der Waals surface area (Å²) in [5.41, 5.74) is 3.30. The van der Waals surface area contributed by atoms with Gasteiger partial charge in [-0.1, -0.05) is 0 Å². The molecule has 1 atom stereocenters. The normalized spacial score (nSPS) is 15.2. The molecule has 3 aromatic rings. The number of pyridine rings is 2. The molecule has 160 valence electrons. The second-order valence-electron chi connectivity index (χ2n) is 7.87. The molecule has 4 heterocycles. The van der Waals surface area contributed by atoms with Crippen molar-refractivity contribution in [3.8, 4) is 0 Å². The molecule has 1 aliphatic rings. The number of aromatic nitrogens is 4. The Morgan fingerprint density at radius 2 is 2.00 bits per heavy atom. The smallest absolute Gasteiger partial charge is 0.257 e. The van der Waals surface area contributed by atoms with Crippen molar-refractivity contribution in [3.05, 3.63) is 77.6 Å². The molecule has 1 N–H and O–H groups in total. The lowest BCUT2D eigenvalue weighted by molar-refractivity contribution is 0.0793. The van der Waals surface area contributed by atoms with Crippen molar-refractivity contribution in [3.63, 3.8) is 0 Å². The third-order valence-electron chi connectivity index (χ3n) is 5.72. The highest BCUT2D eigenvalue weighted by Crippen LogP contribution is 2.23. The van der Waals surface area contributed by atoms with Crippen LogP contribution in [0.2, 0.25) is 0 Å². The Balaban J connectivity index is 1.35. The van der Waals surface area contributed by atoms with Crippen LogP contribution in [0.1, 0.15) is 38.4 Å². The maximum atomic E-state index is 13.0. The highest BCUT2D eigenvalue weighted by molar-refractivity contribution is 5.95. The highest BCUT2D eigenvalue weighted by Gasteiger charge is 2.27. The number of nitrogens with one attached hydrogen (secondary N) is 1. The Morgan fingerprint density at radius 1 is 1.16 bits per heavy atom. The average Bonchev–Trinajstić information content (AvgIpc) is 3.25. The van der Waals surface area contributed by atoms with Crippen LogP contribution in [0.25, 0.3) is 0 Å². The zero-order valence-electron chi connectivity index (χ0n) is 17.6. The number of fused-ring (bicyclic) bond motifs is 1. The van der Waals surface area contributed by atoms with Crippen LogP contribution < -0.4 is 5.32 Å². The largest absolute Gasteiger partial charge is 0.352 e. The minimum atomic E-state index is -0.126. The molecule has 0 bridgehead atoms. The predicted molar refractivity (Wildman–Crippen MR) is 116 cm³/mol. The van der Waals surface area contributed by atoms with Crippen LogP contribution >= 0.6 is 0 Å². The van der Waals surface area contributed by atoms with Crippen LogP contribution in [0, 0.1) is 5.92 Å². The summed E-state index contributed by atoms with van der Waals surface area (Å²) in [6.45, 7) is 1.93. The van der Waals surface area contributed by atoms with Gasteiger partial charge >= 0.3 is 0 Å². The van der Waals surface area contributed by atoms with Crippen LogP contribution in [0.4, 0.5) is 0 Å². The van der Waals surface area contributed by atoms with Gasteiger partial charge in [0, 0.05) is 51.5 Å². The molecule has 1 unspecified atom stereocenters. The number of hydrogen-bond acceptors (Lipinski definition) is 5. The van der Waals surface area contributed by atoms with E-state index in [4.69, 9.17) is 0 Å². The summed E-state index contributed by atoms with van der Waals surface area (Å²) in [6.07, 6.45) is 10.8. The van der Waals surface area contributed by atoms with E-state index in [0.717, 1.165) is 30.6 Å². The summed E-state index contributed by atoms with van der Waals surface area (Å²) in [5, 5.41) is 7.41. The summed E-state index contributed by atoms with van der Waals surface area (Å²) in [5.74, 6) is 0.119. The standard InChI is InChI=1S/C23H26N6O2/c1-28(11-6-17-4-9-24-10-5-17)23(31)20-16-27-29-12-7-18(13-21(20)29)14-26-22(30)19-3-2-8-25-15-19/h2-5,8-10,15-16,18H,6-7,11-14H2,1H3,(H,26,30). The van der Waals surface area contributed by atoms with Gasteiger partial charge in [0.1, 0.15) is 0 Å². The van der Waals surface area contributed by atoms with Gasteiger partial charge in [0.25, 0.3) is 11.8 Å². The number of rotatable bonds is 7. The van der Waals surface area contributed by atoms with E-state index >= 15 is 0 Å². The van der Waals surface area contributed by atoms with Crippen LogP contribution in [0.5, 0.6) is 0 Å². The van der Waals surface area contributed by atoms with E-state index in [-0.39, 0.29) is 17.7 Å². The lowest BCUT2D eigenvalue weighted by Gasteiger charge is -2.25. The monoisotopic (exact) mass is 418 g/mol. The number of carbonyl (C=O) groups is 2. The van der Waals surface area contributed by atoms with Crippen molar-refractivity contribution >= 4 is 11.8 Å². The molecule has 8 heteroatoms. The van der Waals surface area contributed by atoms with E-state index in [1.807, 2.05) is 23.9 Å². The predicted octanol–water partition coefficient (Wildman–Crippen LogP) is 1.98. The number of hydrogen-bond donors (Lipinski definition) is 1. The van der Waals surface area contributed by atoms with Crippen LogP contribution in [0.15, 0.2) is 55.2 Å². The third-order valence-corrected chi connectivity index (χ3v) is 5.72. The fraction of sp³-hybridized carbons (Fsp3) is 0.348. The lowest BCUT2D eigenvalue weighted by atomic mass is 9.94. The zero-order chi connectivity index (χ0) is 21.6. The second kappa shape index (κ2) is 9.51. The van der Waals surface area contributed by atoms with Gasteiger partial charge in [-0.15, -0.1) is 0 Å². The number of carbonyl (C=O) groups excluding carboxylic acids is 2. The van der Waals surface area contributed by atoms with Gasteiger partial charge in [-0.05, 0) is 55.0 Å². The Labute approximate surface area is 181 Å². The van der Waals surface area contributed by atoms with E-state index in [1.165, 1.54) is 0 Å². The van der Waals surface area contributed by atoms with Crippen molar-refractivity contribution in [2.45, 2.75) is 25.8 Å². The van der Waals surface area contributed by atoms with Crippen molar-refractivity contribution in [1.82, 2.24) is 30.0 Å². The van der Waals surface area contributed by atoms with Gasteiger partial charge in [-0.25, -0.2) is 0 Å². The molecule has 4 rings (SSSR count). The Bertz CT molecular complexity index is 1030. The fourth-order valence-electron chi connectivity index (χ4n) is 3.84.